The van der Waals surface area contributed by atoms with Crippen molar-refractivity contribution in [2.24, 2.45) is 16.6 Å². The lowest BCUT2D eigenvalue weighted by Crippen LogP contribution is -2.05. The maximum absolute atomic E-state index is 9.86. The van der Waals surface area contributed by atoms with E-state index < -0.39 is 6.10 Å². The predicted molar refractivity (Wildman–Crippen MR) is 60.2 cm³/mol. The fraction of sp³-hybridized carbons (Fsp3) is 0.600. The van der Waals surface area contributed by atoms with Crippen molar-refractivity contribution < 1.29 is 9.68 Å². The SMILES string of the molecule is C=CC(CC=CC(CC)CON=O)ON=O. The van der Waals surface area contributed by atoms with Crippen molar-refractivity contribution in [2.75, 3.05) is 6.61 Å². The molecule has 0 rings (SSSR count). The Hall–Kier alpha value is -1.72. The Bertz CT molecular complexity index is 243. The molecule has 0 aliphatic rings. The van der Waals surface area contributed by atoms with Gasteiger partial charge in [-0.05, 0) is 12.5 Å². The van der Waals surface area contributed by atoms with Crippen LogP contribution in [0, 0.1) is 15.7 Å². The van der Waals surface area contributed by atoms with Gasteiger partial charge in [-0.2, -0.15) is 0 Å². The number of hydrogen-bond donors (Lipinski definition) is 0. The molecule has 0 aromatic rings. The third-order valence-corrected chi connectivity index (χ3v) is 2.08. The molecule has 6 nitrogen and oxygen atoms in total. The van der Waals surface area contributed by atoms with Crippen LogP contribution < -0.4 is 0 Å². The van der Waals surface area contributed by atoms with E-state index in [1.165, 1.54) is 6.08 Å². The Labute approximate surface area is 94.2 Å². The molecule has 0 bridgehead atoms. The van der Waals surface area contributed by atoms with Gasteiger partial charge in [0.25, 0.3) is 0 Å². The molecule has 0 heterocycles. The first-order valence-electron chi connectivity index (χ1n) is 5.00. The minimum absolute atomic E-state index is 0.118. The third-order valence-electron chi connectivity index (χ3n) is 2.08. The quantitative estimate of drug-likeness (QED) is 0.327. The van der Waals surface area contributed by atoms with Gasteiger partial charge in [0.1, 0.15) is 6.61 Å². The maximum atomic E-state index is 9.86. The smallest absolute Gasteiger partial charge is 0.155 e. The zero-order valence-corrected chi connectivity index (χ0v) is 9.24. The zero-order chi connectivity index (χ0) is 12.2. The summed E-state index contributed by atoms with van der Waals surface area (Å²) >= 11 is 0. The lowest BCUT2D eigenvalue weighted by molar-refractivity contribution is 0.0903. The van der Waals surface area contributed by atoms with Crippen LogP contribution in [0.25, 0.3) is 0 Å². The molecule has 0 N–H and O–H groups in total. The molecule has 0 aliphatic carbocycles. The first kappa shape index (κ1) is 14.3. The molecule has 6 heteroatoms. The molecule has 2 unspecified atom stereocenters. The molecule has 0 spiro atoms. The van der Waals surface area contributed by atoms with E-state index in [1.54, 1.807) is 0 Å². The van der Waals surface area contributed by atoms with E-state index in [2.05, 4.69) is 26.9 Å². The number of nitrogens with zero attached hydrogens (tertiary/aromatic N) is 2. The second-order valence-electron chi connectivity index (χ2n) is 3.16. The van der Waals surface area contributed by atoms with E-state index in [0.717, 1.165) is 6.42 Å². The Morgan fingerprint density at radius 1 is 1.38 bits per heavy atom. The molecule has 0 saturated carbocycles. The van der Waals surface area contributed by atoms with Crippen LogP contribution in [0.4, 0.5) is 0 Å². The molecule has 0 aliphatic heterocycles. The number of hydrogen-bond acceptors (Lipinski definition) is 6. The summed E-state index contributed by atoms with van der Waals surface area (Å²) in [6.07, 6.45) is 6.13. The van der Waals surface area contributed by atoms with Crippen LogP contribution in [0.3, 0.4) is 0 Å². The van der Waals surface area contributed by atoms with Crippen molar-refractivity contribution in [1.29, 1.82) is 0 Å². The van der Waals surface area contributed by atoms with Crippen LogP contribution in [0.1, 0.15) is 19.8 Å². The van der Waals surface area contributed by atoms with Crippen molar-refractivity contribution in [3.8, 4) is 0 Å². The minimum atomic E-state index is -0.420. The first-order valence-corrected chi connectivity index (χ1v) is 5.00. The standard InChI is InChI=1S/C10H16N2O4/c1-3-9(8-15-11-13)6-5-7-10(4-2)16-12-14/h4-6,9-10H,2-3,7-8H2,1H3. The zero-order valence-electron chi connectivity index (χ0n) is 9.24. The largest absolute Gasteiger partial charge is 0.363 e. The summed E-state index contributed by atoms with van der Waals surface area (Å²) in [7, 11) is 0. The molecule has 90 valence electrons. The summed E-state index contributed by atoms with van der Waals surface area (Å²) in [6.45, 7) is 5.73. The van der Waals surface area contributed by atoms with Crippen LogP contribution in [-0.4, -0.2) is 12.7 Å². The van der Waals surface area contributed by atoms with Gasteiger partial charge in [-0.15, -0.1) is 9.81 Å². The Morgan fingerprint density at radius 2 is 2.12 bits per heavy atom. The van der Waals surface area contributed by atoms with Crippen molar-refractivity contribution in [1.82, 2.24) is 0 Å². The van der Waals surface area contributed by atoms with Crippen molar-refractivity contribution in [3.63, 3.8) is 0 Å². The summed E-state index contributed by atoms with van der Waals surface area (Å²) in [5.41, 5.74) is 0. The van der Waals surface area contributed by atoms with Gasteiger partial charge >= 0.3 is 0 Å². The van der Waals surface area contributed by atoms with Gasteiger partial charge in [0.2, 0.25) is 0 Å². The number of rotatable bonds is 10. The van der Waals surface area contributed by atoms with Crippen LogP contribution in [0.2, 0.25) is 0 Å². The molecular formula is C10H16N2O4. The fourth-order valence-corrected chi connectivity index (χ4v) is 1.08. The molecule has 16 heavy (non-hydrogen) atoms. The Kier molecular flexibility index (Phi) is 8.76. The van der Waals surface area contributed by atoms with Crippen LogP contribution in [-0.2, 0) is 9.68 Å². The lowest BCUT2D eigenvalue weighted by atomic mass is 10.1. The topological polar surface area (TPSA) is 77.3 Å². The van der Waals surface area contributed by atoms with Crippen LogP contribution >= 0.6 is 0 Å². The maximum Gasteiger partial charge on any atom is 0.155 e. The fourth-order valence-electron chi connectivity index (χ4n) is 1.08. The molecule has 0 fully saturated rings. The van der Waals surface area contributed by atoms with E-state index in [0.29, 0.717) is 6.42 Å². The van der Waals surface area contributed by atoms with E-state index in [1.807, 2.05) is 19.1 Å². The second-order valence-corrected chi connectivity index (χ2v) is 3.16. The normalized spacial score (nSPS) is 14.1. The van der Waals surface area contributed by atoms with Crippen molar-refractivity contribution in [3.05, 3.63) is 34.6 Å². The molecule has 0 saturated heterocycles. The van der Waals surface area contributed by atoms with E-state index in [9.17, 15) is 9.81 Å². The monoisotopic (exact) mass is 228 g/mol. The molecular weight excluding hydrogens is 212 g/mol. The van der Waals surface area contributed by atoms with E-state index in [4.69, 9.17) is 0 Å². The lowest BCUT2D eigenvalue weighted by Gasteiger charge is -2.07. The van der Waals surface area contributed by atoms with Gasteiger partial charge in [-0.25, -0.2) is 0 Å². The van der Waals surface area contributed by atoms with Gasteiger partial charge in [0.05, 0.1) is 0 Å². The second kappa shape index (κ2) is 9.82. The average molecular weight is 228 g/mol. The highest BCUT2D eigenvalue weighted by atomic mass is 16.7. The molecule has 0 aromatic heterocycles. The van der Waals surface area contributed by atoms with E-state index >= 15 is 0 Å². The summed E-state index contributed by atoms with van der Waals surface area (Å²) < 4.78 is 0. The van der Waals surface area contributed by atoms with Gasteiger partial charge < -0.3 is 9.68 Å². The Morgan fingerprint density at radius 3 is 2.62 bits per heavy atom. The summed E-state index contributed by atoms with van der Waals surface area (Å²) in [5.74, 6) is 0.118. The average Bonchev–Trinajstić information content (AvgIpc) is 2.32. The molecule has 0 aromatic carbocycles. The van der Waals surface area contributed by atoms with Crippen LogP contribution in [0.15, 0.2) is 35.5 Å². The van der Waals surface area contributed by atoms with Crippen LogP contribution in [0.5, 0.6) is 0 Å². The highest BCUT2D eigenvalue weighted by Gasteiger charge is 2.05. The summed E-state index contributed by atoms with van der Waals surface area (Å²) in [4.78, 5) is 28.5. The molecule has 2 atom stereocenters. The predicted octanol–water partition coefficient (Wildman–Crippen LogP) is 2.91. The minimum Gasteiger partial charge on any atom is -0.363 e. The van der Waals surface area contributed by atoms with Gasteiger partial charge in [0.15, 0.2) is 16.8 Å². The van der Waals surface area contributed by atoms with Crippen molar-refractivity contribution in [2.45, 2.75) is 25.9 Å². The Balaban J connectivity index is 3.97. The molecule has 0 radical (unpaired) electrons. The first-order chi connectivity index (χ1) is 7.78. The van der Waals surface area contributed by atoms with Gasteiger partial charge in [-0.1, -0.05) is 25.7 Å². The third kappa shape index (κ3) is 6.69. The van der Waals surface area contributed by atoms with Crippen molar-refractivity contribution >= 4 is 0 Å². The van der Waals surface area contributed by atoms with E-state index in [-0.39, 0.29) is 12.5 Å². The van der Waals surface area contributed by atoms with Gasteiger partial charge in [-0.3, -0.25) is 0 Å². The highest BCUT2D eigenvalue weighted by molar-refractivity contribution is 4.93. The summed E-state index contributed by atoms with van der Waals surface area (Å²) in [6, 6.07) is 0. The summed E-state index contributed by atoms with van der Waals surface area (Å²) in [5, 5.41) is 4.67. The molecule has 0 amide bonds. The van der Waals surface area contributed by atoms with Gasteiger partial charge in [0, 0.05) is 12.3 Å². The highest BCUT2D eigenvalue weighted by Crippen LogP contribution is 2.08.